The number of aryl methyl sites for hydroxylation is 1. The zero-order chi connectivity index (χ0) is 26.0. The summed E-state index contributed by atoms with van der Waals surface area (Å²) in [6.07, 6.45) is -3.61. The summed E-state index contributed by atoms with van der Waals surface area (Å²) in [6.45, 7) is 3.39. The van der Waals surface area contributed by atoms with Crippen molar-refractivity contribution in [3.05, 3.63) is 77.9 Å². The summed E-state index contributed by atoms with van der Waals surface area (Å²) >= 11 is 0. The summed E-state index contributed by atoms with van der Waals surface area (Å²) in [5.41, 5.74) is 0.412. The largest absolute Gasteiger partial charge is 0.414 e. The number of aromatic nitrogens is 3. The first-order valence-corrected chi connectivity index (χ1v) is 11.0. The Morgan fingerprint density at radius 3 is 2.42 bits per heavy atom. The van der Waals surface area contributed by atoms with Crippen LogP contribution in [0.2, 0.25) is 0 Å². The summed E-state index contributed by atoms with van der Waals surface area (Å²) in [5.74, 6) is -1.79. The van der Waals surface area contributed by atoms with Gasteiger partial charge < -0.3 is 15.2 Å². The van der Waals surface area contributed by atoms with Gasteiger partial charge in [0.25, 0.3) is 5.91 Å². The summed E-state index contributed by atoms with van der Waals surface area (Å²) in [4.78, 5) is 33.1. The normalized spacial score (nSPS) is 12.4. The van der Waals surface area contributed by atoms with Crippen LogP contribution >= 0.6 is 0 Å². The molecule has 0 bridgehead atoms. The number of carbonyl (C=O) groups excluding carboxylic acids is 2. The lowest BCUT2D eigenvalue weighted by molar-refractivity contribution is -0.156. The quantitative estimate of drug-likeness (QED) is 0.355. The Labute approximate surface area is 203 Å². The molecule has 2 heterocycles. The second kappa shape index (κ2) is 9.76. The third kappa shape index (κ3) is 4.90. The molecular formula is C25H21F4N5O2. The maximum Gasteiger partial charge on any atom is 0.414 e. The van der Waals surface area contributed by atoms with Gasteiger partial charge in [-0.3, -0.25) is 14.6 Å². The van der Waals surface area contributed by atoms with Crippen LogP contribution in [0.4, 0.5) is 23.2 Å². The molecule has 2 N–H and O–H groups in total. The molecule has 0 saturated carbocycles. The number of hydrogen-bond acceptors (Lipinski definition) is 4. The number of alkyl halides is 3. The fraction of sp³-hybridized carbons (Fsp3) is 0.200. The van der Waals surface area contributed by atoms with Gasteiger partial charge >= 0.3 is 6.18 Å². The number of halogens is 4. The molecule has 0 aliphatic carbocycles. The molecule has 0 unspecified atom stereocenters. The number of benzene rings is 2. The number of imidazole rings is 1. The van der Waals surface area contributed by atoms with Crippen LogP contribution in [-0.4, -0.2) is 32.5 Å². The molecule has 0 saturated heterocycles. The molecule has 2 amide bonds. The number of carbonyl (C=O) groups is 2. The lowest BCUT2D eigenvalue weighted by Gasteiger charge is -2.21. The third-order valence-corrected chi connectivity index (χ3v) is 5.43. The Hall–Kier alpha value is -4.28. The summed E-state index contributed by atoms with van der Waals surface area (Å²) in [5, 5.41) is 4.58. The van der Waals surface area contributed by atoms with Crippen molar-refractivity contribution >= 4 is 28.5 Å². The number of nitrogens with one attached hydrogen (secondary N) is 2. The molecule has 0 aliphatic rings. The van der Waals surface area contributed by atoms with Crippen LogP contribution in [0.1, 0.15) is 35.9 Å². The van der Waals surface area contributed by atoms with Gasteiger partial charge in [-0.25, -0.2) is 9.37 Å². The molecule has 4 rings (SSSR count). The number of rotatable bonds is 6. The van der Waals surface area contributed by atoms with Crippen molar-refractivity contribution in [1.29, 1.82) is 0 Å². The fourth-order valence-electron chi connectivity index (χ4n) is 3.93. The van der Waals surface area contributed by atoms with Crippen molar-refractivity contribution in [2.24, 2.45) is 0 Å². The van der Waals surface area contributed by atoms with Crippen LogP contribution in [0, 0.1) is 5.82 Å². The molecule has 2 aromatic heterocycles. The highest BCUT2D eigenvalue weighted by molar-refractivity contribution is 6.05. The van der Waals surface area contributed by atoms with Gasteiger partial charge in [-0.2, -0.15) is 13.2 Å². The van der Waals surface area contributed by atoms with E-state index >= 15 is 0 Å². The predicted molar refractivity (Wildman–Crippen MR) is 126 cm³/mol. The topological polar surface area (TPSA) is 88.9 Å². The highest BCUT2D eigenvalue weighted by Crippen LogP contribution is 2.34. The van der Waals surface area contributed by atoms with Crippen LogP contribution in [0.15, 0.2) is 60.8 Å². The molecule has 1 atom stereocenters. The number of amides is 2. The second-order valence-corrected chi connectivity index (χ2v) is 7.93. The molecule has 0 fully saturated rings. The number of anilines is 1. The first-order chi connectivity index (χ1) is 17.1. The maximum atomic E-state index is 14.6. The zero-order valence-electron chi connectivity index (χ0n) is 19.2. The van der Waals surface area contributed by atoms with E-state index < -0.39 is 29.8 Å². The van der Waals surface area contributed by atoms with Crippen LogP contribution in [0.25, 0.3) is 22.4 Å². The van der Waals surface area contributed by atoms with E-state index in [4.69, 9.17) is 0 Å². The first kappa shape index (κ1) is 24.8. The van der Waals surface area contributed by atoms with Gasteiger partial charge in [0, 0.05) is 25.2 Å². The number of fused-ring (bicyclic) bond motifs is 1. The van der Waals surface area contributed by atoms with Crippen LogP contribution in [-0.2, 0) is 11.3 Å². The van der Waals surface area contributed by atoms with Crippen molar-refractivity contribution in [3.8, 4) is 11.4 Å². The van der Waals surface area contributed by atoms with E-state index in [1.807, 2.05) is 5.32 Å². The summed E-state index contributed by atoms with van der Waals surface area (Å²) < 4.78 is 57.5. The van der Waals surface area contributed by atoms with E-state index in [0.717, 1.165) is 6.07 Å². The van der Waals surface area contributed by atoms with Gasteiger partial charge in [0.05, 0.1) is 28.0 Å². The lowest BCUT2D eigenvalue weighted by atomic mass is 10.1. The van der Waals surface area contributed by atoms with E-state index in [1.54, 1.807) is 17.6 Å². The van der Waals surface area contributed by atoms with Gasteiger partial charge in [-0.15, -0.1) is 0 Å². The maximum absolute atomic E-state index is 14.6. The van der Waals surface area contributed by atoms with Crippen LogP contribution < -0.4 is 10.6 Å². The molecule has 0 aliphatic heterocycles. The Bertz CT molecular complexity index is 1430. The van der Waals surface area contributed by atoms with E-state index in [1.165, 1.54) is 55.6 Å². The van der Waals surface area contributed by atoms with E-state index in [9.17, 15) is 27.2 Å². The molecular weight excluding hydrogens is 478 g/mol. The molecule has 0 spiro atoms. The SMILES string of the molecule is CCn1c(-c2ccccc2F)nc2cc(C(=O)N[C@@H](c3ccccn3)C(F)(F)F)cc(NC(C)=O)c21. The van der Waals surface area contributed by atoms with Crippen molar-refractivity contribution in [2.75, 3.05) is 5.32 Å². The molecule has 11 heteroatoms. The molecule has 186 valence electrons. The average Bonchev–Trinajstić information content (AvgIpc) is 3.20. The fourth-order valence-corrected chi connectivity index (χ4v) is 3.93. The molecule has 0 radical (unpaired) electrons. The van der Waals surface area contributed by atoms with Gasteiger partial charge in [0.2, 0.25) is 5.91 Å². The zero-order valence-corrected chi connectivity index (χ0v) is 19.2. The minimum atomic E-state index is -4.81. The Kier molecular flexibility index (Phi) is 6.73. The number of pyridine rings is 1. The van der Waals surface area contributed by atoms with Gasteiger partial charge in [-0.05, 0) is 43.3 Å². The lowest BCUT2D eigenvalue weighted by Crippen LogP contribution is -2.38. The van der Waals surface area contributed by atoms with Crippen molar-refractivity contribution < 1.29 is 27.2 Å². The van der Waals surface area contributed by atoms with Crippen molar-refractivity contribution in [1.82, 2.24) is 19.9 Å². The average molecular weight is 499 g/mol. The monoisotopic (exact) mass is 499 g/mol. The Morgan fingerprint density at radius 1 is 1.08 bits per heavy atom. The van der Waals surface area contributed by atoms with Gasteiger partial charge in [-0.1, -0.05) is 18.2 Å². The molecule has 7 nitrogen and oxygen atoms in total. The highest BCUT2D eigenvalue weighted by Gasteiger charge is 2.43. The molecule has 2 aromatic carbocycles. The van der Waals surface area contributed by atoms with Gasteiger partial charge in [0.1, 0.15) is 11.6 Å². The van der Waals surface area contributed by atoms with Crippen LogP contribution in [0.5, 0.6) is 0 Å². The third-order valence-electron chi connectivity index (χ3n) is 5.43. The van der Waals surface area contributed by atoms with Crippen molar-refractivity contribution in [2.45, 2.75) is 32.6 Å². The second-order valence-electron chi connectivity index (χ2n) is 7.93. The van der Waals surface area contributed by atoms with E-state index in [2.05, 4.69) is 15.3 Å². The smallest absolute Gasteiger partial charge is 0.335 e. The minimum absolute atomic E-state index is 0.156. The Balaban J connectivity index is 1.84. The standard InChI is InChI=1S/C25H21F4N5O2/c1-3-34-21-19(31-14(2)35)12-15(13-20(21)32-23(34)16-8-4-5-9-17(16)26)24(36)33-22(25(27,28)29)18-10-6-7-11-30-18/h4-13,22H,3H2,1-2H3,(H,31,35)(H,33,36)/t22-/m0/s1. The highest BCUT2D eigenvalue weighted by atomic mass is 19.4. The molecule has 36 heavy (non-hydrogen) atoms. The Morgan fingerprint density at radius 2 is 1.81 bits per heavy atom. The summed E-state index contributed by atoms with van der Waals surface area (Å²) in [6, 6.07) is 10.2. The van der Waals surface area contributed by atoms with Crippen LogP contribution in [0.3, 0.4) is 0 Å². The summed E-state index contributed by atoms with van der Waals surface area (Å²) in [7, 11) is 0. The van der Waals surface area contributed by atoms with Gasteiger partial charge in [0.15, 0.2) is 6.04 Å². The van der Waals surface area contributed by atoms with Crippen molar-refractivity contribution in [3.63, 3.8) is 0 Å². The van der Waals surface area contributed by atoms with E-state index in [0.29, 0.717) is 12.1 Å². The minimum Gasteiger partial charge on any atom is -0.335 e. The number of nitrogens with zero attached hydrogens (tertiary/aromatic N) is 3. The first-order valence-electron chi connectivity index (χ1n) is 11.0. The predicted octanol–water partition coefficient (Wildman–Crippen LogP) is 5.25. The van der Waals surface area contributed by atoms with E-state index in [-0.39, 0.29) is 33.8 Å². The number of hydrogen-bond donors (Lipinski definition) is 2. The molecule has 4 aromatic rings.